The molecule has 0 aliphatic carbocycles. The van der Waals surface area contributed by atoms with Gasteiger partial charge in [0.2, 0.25) is 0 Å². The Morgan fingerprint density at radius 3 is 2.77 bits per heavy atom. The first-order valence-electron chi connectivity index (χ1n) is 8.06. The number of anilines is 1. The van der Waals surface area contributed by atoms with Crippen LogP contribution in [0.1, 0.15) is 10.4 Å². The summed E-state index contributed by atoms with van der Waals surface area (Å²) in [6, 6.07) is 6.92. The highest BCUT2D eigenvalue weighted by atomic mass is 35.5. The molecular weight excluding hydrogens is 392 g/mol. The Morgan fingerprint density at radius 2 is 2.00 bits per heavy atom. The second-order valence-electron chi connectivity index (χ2n) is 5.65. The maximum Gasteiger partial charge on any atom is 0.188 e. The van der Waals surface area contributed by atoms with Gasteiger partial charge in [-0.3, -0.25) is 4.79 Å². The van der Waals surface area contributed by atoms with Crippen LogP contribution in [0.2, 0.25) is 5.02 Å². The quantitative estimate of drug-likeness (QED) is 0.364. The minimum Gasteiger partial charge on any atom is -0.378 e. The molecule has 0 N–H and O–H groups in total. The van der Waals surface area contributed by atoms with E-state index in [2.05, 4.69) is 19.9 Å². The van der Waals surface area contributed by atoms with Crippen LogP contribution in [-0.2, 0) is 4.74 Å². The Kier molecular flexibility index (Phi) is 5.35. The van der Waals surface area contributed by atoms with E-state index in [9.17, 15) is 4.79 Å². The fourth-order valence-corrected chi connectivity index (χ4v) is 4.73. The number of morpholine rings is 1. The molecular formula is C17H15ClN4O2S2. The van der Waals surface area contributed by atoms with Gasteiger partial charge in [0.15, 0.2) is 16.6 Å². The smallest absolute Gasteiger partial charge is 0.188 e. The lowest BCUT2D eigenvalue weighted by atomic mass is 10.1. The van der Waals surface area contributed by atoms with E-state index in [1.165, 1.54) is 18.1 Å². The van der Waals surface area contributed by atoms with Crippen molar-refractivity contribution in [1.82, 2.24) is 15.0 Å². The monoisotopic (exact) mass is 406 g/mol. The third-order valence-electron chi connectivity index (χ3n) is 3.94. The molecule has 1 aliphatic rings. The average molecular weight is 407 g/mol. The van der Waals surface area contributed by atoms with Gasteiger partial charge in [0.25, 0.3) is 0 Å². The molecule has 26 heavy (non-hydrogen) atoms. The van der Waals surface area contributed by atoms with E-state index in [4.69, 9.17) is 16.3 Å². The predicted molar refractivity (Wildman–Crippen MR) is 105 cm³/mol. The van der Waals surface area contributed by atoms with Crippen molar-refractivity contribution in [2.24, 2.45) is 0 Å². The topological polar surface area (TPSA) is 68.2 Å². The van der Waals surface area contributed by atoms with Crippen LogP contribution in [0.15, 0.2) is 35.6 Å². The number of ether oxygens (including phenoxy) is 1. The molecule has 0 spiro atoms. The summed E-state index contributed by atoms with van der Waals surface area (Å²) in [7, 11) is 0. The highest BCUT2D eigenvalue weighted by Gasteiger charge is 2.18. The molecule has 0 radical (unpaired) electrons. The molecule has 1 fully saturated rings. The molecule has 134 valence electrons. The van der Waals surface area contributed by atoms with Crippen molar-refractivity contribution in [2.45, 2.75) is 5.03 Å². The number of thiazole rings is 1. The van der Waals surface area contributed by atoms with Crippen LogP contribution >= 0.6 is 34.7 Å². The summed E-state index contributed by atoms with van der Waals surface area (Å²) in [5.74, 6) is 0.342. The number of fused-ring (bicyclic) bond motifs is 1. The molecule has 0 unspecified atom stereocenters. The summed E-state index contributed by atoms with van der Waals surface area (Å²) in [5.41, 5.74) is 1.32. The molecule has 2 aromatic heterocycles. The van der Waals surface area contributed by atoms with E-state index in [0.717, 1.165) is 27.9 Å². The van der Waals surface area contributed by atoms with Gasteiger partial charge in [0.1, 0.15) is 16.1 Å². The van der Waals surface area contributed by atoms with Gasteiger partial charge in [-0.15, -0.1) is 0 Å². The van der Waals surface area contributed by atoms with Gasteiger partial charge in [0.05, 0.1) is 19.0 Å². The number of halogens is 1. The molecule has 3 aromatic rings. The zero-order chi connectivity index (χ0) is 17.9. The number of thioether (sulfide) groups is 1. The second kappa shape index (κ2) is 7.87. The van der Waals surface area contributed by atoms with Crippen molar-refractivity contribution < 1.29 is 9.53 Å². The number of rotatable bonds is 5. The van der Waals surface area contributed by atoms with Gasteiger partial charge in [0, 0.05) is 23.7 Å². The summed E-state index contributed by atoms with van der Waals surface area (Å²) < 4.78 is 6.31. The molecule has 0 amide bonds. The number of ketones is 1. The minimum atomic E-state index is 0.0383. The molecule has 1 aromatic carbocycles. The van der Waals surface area contributed by atoms with Gasteiger partial charge in [-0.1, -0.05) is 34.7 Å². The van der Waals surface area contributed by atoms with Crippen LogP contribution in [0.3, 0.4) is 0 Å². The molecule has 1 aliphatic heterocycles. The largest absolute Gasteiger partial charge is 0.378 e. The summed E-state index contributed by atoms with van der Waals surface area (Å²) in [6.07, 6.45) is 1.50. The van der Waals surface area contributed by atoms with Crippen molar-refractivity contribution in [3.05, 3.63) is 41.2 Å². The molecule has 1 saturated heterocycles. The number of benzene rings is 1. The van der Waals surface area contributed by atoms with Crippen LogP contribution in [-0.4, -0.2) is 52.8 Å². The summed E-state index contributed by atoms with van der Waals surface area (Å²) in [6.45, 7) is 3.06. The third kappa shape index (κ3) is 3.83. The first-order chi connectivity index (χ1) is 12.7. The van der Waals surface area contributed by atoms with Crippen molar-refractivity contribution in [2.75, 3.05) is 37.0 Å². The first kappa shape index (κ1) is 17.7. The Morgan fingerprint density at radius 1 is 1.23 bits per heavy atom. The number of aromatic nitrogens is 3. The number of carbonyl (C=O) groups excluding carboxylic acids is 1. The molecule has 0 bridgehead atoms. The van der Waals surface area contributed by atoms with E-state index in [1.54, 1.807) is 35.6 Å². The lowest BCUT2D eigenvalue weighted by Crippen LogP contribution is -2.36. The average Bonchev–Trinajstić information content (AvgIpc) is 3.12. The lowest BCUT2D eigenvalue weighted by molar-refractivity contribution is 0.102. The van der Waals surface area contributed by atoms with Crippen molar-refractivity contribution >= 4 is 56.0 Å². The molecule has 3 heterocycles. The maximum absolute atomic E-state index is 12.4. The highest BCUT2D eigenvalue weighted by molar-refractivity contribution is 8.00. The normalized spacial score (nSPS) is 14.7. The fourth-order valence-electron chi connectivity index (χ4n) is 2.57. The van der Waals surface area contributed by atoms with Crippen molar-refractivity contribution in [3.8, 4) is 0 Å². The van der Waals surface area contributed by atoms with Gasteiger partial charge in [-0.05, 0) is 24.3 Å². The van der Waals surface area contributed by atoms with Gasteiger partial charge in [-0.25, -0.2) is 9.97 Å². The van der Waals surface area contributed by atoms with E-state index < -0.39 is 0 Å². The Bertz CT molecular complexity index is 926. The summed E-state index contributed by atoms with van der Waals surface area (Å²) in [4.78, 5) is 27.8. The van der Waals surface area contributed by atoms with E-state index >= 15 is 0 Å². The predicted octanol–water partition coefficient (Wildman–Crippen LogP) is 3.55. The van der Waals surface area contributed by atoms with Crippen LogP contribution in [0.5, 0.6) is 0 Å². The summed E-state index contributed by atoms with van der Waals surface area (Å²) in [5, 5.41) is 2.33. The Hall–Kier alpha value is -1.74. The maximum atomic E-state index is 12.4. The standard InChI is InChI=1S/C17H15ClN4O2S2/c18-12-3-1-11(2-4-12)13(23)9-25-16-14-15(19-10-20-16)21-17(26-14)22-5-7-24-8-6-22/h1-4,10H,5-9H2. The van der Waals surface area contributed by atoms with Crippen molar-refractivity contribution in [3.63, 3.8) is 0 Å². The van der Waals surface area contributed by atoms with Crippen LogP contribution in [0.4, 0.5) is 5.13 Å². The highest BCUT2D eigenvalue weighted by Crippen LogP contribution is 2.34. The van der Waals surface area contributed by atoms with Gasteiger partial charge in [-0.2, -0.15) is 4.98 Å². The number of nitrogens with zero attached hydrogens (tertiary/aromatic N) is 4. The molecule has 6 nitrogen and oxygen atoms in total. The zero-order valence-electron chi connectivity index (χ0n) is 13.7. The zero-order valence-corrected chi connectivity index (χ0v) is 16.1. The molecule has 0 saturated carbocycles. The summed E-state index contributed by atoms with van der Waals surface area (Å²) >= 11 is 8.85. The van der Waals surface area contributed by atoms with Crippen LogP contribution < -0.4 is 4.90 Å². The first-order valence-corrected chi connectivity index (χ1v) is 10.2. The molecule has 9 heteroatoms. The number of hydrogen-bond acceptors (Lipinski definition) is 8. The number of carbonyl (C=O) groups is 1. The second-order valence-corrected chi connectivity index (χ2v) is 8.02. The Labute approximate surface area is 163 Å². The minimum absolute atomic E-state index is 0.0383. The van der Waals surface area contributed by atoms with Gasteiger partial charge < -0.3 is 9.64 Å². The van der Waals surface area contributed by atoms with Gasteiger partial charge >= 0.3 is 0 Å². The molecule has 4 rings (SSSR count). The fraction of sp³-hybridized carbons (Fsp3) is 0.294. The SMILES string of the molecule is O=C(CSc1ncnc2nc(N3CCOCC3)sc12)c1ccc(Cl)cc1. The third-order valence-corrected chi connectivity index (χ3v) is 6.42. The number of Topliss-reactive ketones (excluding diaryl/α,β-unsaturated/α-hetero) is 1. The molecule has 0 atom stereocenters. The van der Waals surface area contributed by atoms with Crippen LogP contribution in [0.25, 0.3) is 10.3 Å². The van der Waals surface area contributed by atoms with Crippen molar-refractivity contribution in [1.29, 1.82) is 0 Å². The van der Waals surface area contributed by atoms with E-state index in [-0.39, 0.29) is 5.78 Å². The van der Waals surface area contributed by atoms with E-state index in [0.29, 0.717) is 35.2 Å². The Balaban J connectivity index is 1.51. The van der Waals surface area contributed by atoms with E-state index in [1.807, 2.05) is 0 Å². The lowest BCUT2D eigenvalue weighted by Gasteiger charge is -2.25. The number of hydrogen-bond donors (Lipinski definition) is 0. The van der Waals surface area contributed by atoms with Crippen LogP contribution in [0, 0.1) is 0 Å².